The van der Waals surface area contributed by atoms with Crippen LogP contribution in [-0.2, 0) is 4.74 Å². The maximum atomic E-state index is 13.1. The summed E-state index contributed by atoms with van der Waals surface area (Å²) in [7, 11) is 0. The number of carbonyl (C=O) groups excluding carboxylic acids is 2. The minimum Gasteiger partial charge on any atom is -0.451 e. The summed E-state index contributed by atoms with van der Waals surface area (Å²) in [6.45, 7) is 3.55. The van der Waals surface area contributed by atoms with Crippen molar-refractivity contribution >= 4 is 38.6 Å². The molecule has 4 rings (SSSR count). The molecule has 0 aliphatic heterocycles. The second-order valence-corrected chi connectivity index (χ2v) is 8.27. The molecule has 0 saturated carbocycles. The Labute approximate surface area is 189 Å². The number of ether oxygens (including phenoxy) is 1. The highest BCUT2D eigenvalue weighted by molar-refractivity contribution is 9.10. The molecule has 5 heteroatoms. The number of halogens is 1. The molecule has 0 amide bonds. The Morgan fingerprint density at radius 1 is 0.935 bits per heavy atom. The third-order valence-corrected chi connectivity index (χ3v) is 5.59. The number of benzene rings is 3. The number of para-hydroxylation sites is 1. The summed E-state index contributed by atoms with van der Waals surface area (Å²) in [6, 6.07) is 24.1. The van der Waals surface area contributed by atoms with Crippen LogP contribution in [0.5, 0.6) is 0 Å². The van der Waals surface area contributed by atoms with Gasteiger partial charge < -0.3 is 4.74 Å². The van der Waals surface area contributed by atoms with E-state index in [0.29, 0.717) is 27.7 Å². The summed E-state index contributed by atoms with van der Waals surface area (Å²) in [4.78, 5) is 30.5. The van der Waals surface area contributed by atoms with Gasteiger partial charge in [-0.25, -0.2) is 9.78 Å². The van der Waals surface area contributed by atoms with E-state index < -0.39 is 12.1 Å². The molecule has 0 N–H and O–H groups in total. The lowest BCUT2D eigenvalue weighted by molar-refractivity contribution is 0.0320. The summed E-state index contributed by atoms with van der Waals surface area (Å²) in [5.41, 5.74) is 4.19. The van der Waals surface area contributed by atoms with Crippen molar-refractivity contribution in [3.05, 3.63) is 100 Å². The third-order valence-electron chi connectivity index (χ3n) is 5.07. The Morgan fingerprint density at radius 3 is 2.32 bits per heavy atom. The number of fused-ring (bicyclic) bond motifs is 1. The average Bonchev–Trinajstić information content (AvgIpc) is 2.78. The summed E-state index contributed by atoms with van der Waals surface area (Å²) in [5.74, 6) is -0.787. The summed E-state index contributed by atoms with van der Waals surface area (Å²) in [5, 5.41) is 0.684. The number of ketones is 1. The lowest BCUT2D eigenvalue weighted by Gasteiger charge is -2.14. The number of carbonyl (C=O) groups is 2. The van der Waals surface area contributed by atoms with E-state index in [1.165, 1.54) is 0 Å². The van der Waals surface area contributed by atoms with Crippen molar-refractivity contribution in [3.8, 4) is 11.3 Å². The van der Waals surface area contributed by atoms with Crippen LogP contribution in [0.15, 0.2) is 83.3 Å². The number of esters is 1. The van der Waals surface area contributed by atoms with Crippen LogP contribution in [0, 0.1) is 6.92 Å². The first-order valence-corrected chi connectivity index (χ1v) is 10.7. The molecule has 154 valence electrons. The first-order valence-electron chi connectivity index (χ1n) is 9.90. The maximum absolute atomic E-state index is 13.1. The van der Waals surface area contributed by atoms with Gasteiger partial charge in [0, 0.05) is 21.0 Å². The molecular weight excluding hydrogens is 454 g/mol. The SMILES string of the molecule is Cc1ccc(C(=O)C(C)OC(=O)c2cc(-c3ccc(Br)cc3)nc3ccccc23)cc1. The zero-order valence-corrected chi connectivity index (χ0v) is 18.7. The fraction of sp³-hybridized carbons (Fsp3) is 0.115. The van der Waals surface area contributed by atoms with Crippen LogP contribution >= 0.6 is 15.9 Å². The number of pyridine rings is 1. The molecule has 3 aromatic carbocycles. The van der Waals surface area contributed by atoms with E-state index in [9.17, 15) is 9.59 Å². The molecule has 4 aromatic rings. The number of Topliss-reactive ketones (excluding diaryl/α,β-unsaturated/α-hetero) is 1. The number of hydrogen-bond acceptors (Lipinski definition) is 4. The van der Waals surface area contributed by atoms with E-state index in [2.05, 4.69) is 15.9 Å². The van der Waals surface area contributed by atoms with E-state index in [1.54, 1.807) is 25.1 Å². The van der Waals surface area contributed by atoms with Gasteiger partial charge in [-0.15, -0.1) is 0 Å². The fourth-order valence-electron chi connectivity index (χ4n) is 3.34. The zero-order chi connectivity index (χ0) is 22.0. The molecule has 1 aromatic heterocycles. The van der Waals surface area contributed by atoms with Crippen LogP contribution in [0.4, 0.5) is 0 Å². The first kappa shape index (κ1) is 20.9. The van der Waals surface area contributed by atoms with E-state index in [-0.39, 0.29) is 5.78 Å². The van der Waals surface area contributed by atoms with Crippen LogP contribution in [0.25, 0.3) is 22.2 Å². The van der Waals surface area contributed by atoms with Crippen LogP contribution in [-0.4, -0.2) is 22.8 Å². The molecule has 1 heterocycles. The normalized spacial score (nSPS) is 11.8. The highest BCUT2D eigenvalue weighted by atomic mass is 79.9. The Balaban J connectivity index is 1.67. The highest BCUT2D eigenvalue weighted by Gasteiger charge is 2.22. The fourth-order valence-corrected chi connectivity index (χ4v) is 3.61. The molecule has 1 atom stereocenters. The van der Waals surface area contributed by atoms with Gasteiger partial charge >= 0.3 is 5.97 Å². The van der Waals surface area contributed by atoms with E-state index in [1.807, 2.05) is 67.6 Å². The van der Waals surface area contributed by atoms with Gasteiger partial charge in [-0.3, -0.25) is 4.79 Å². The molecule has 0 bridgehead atoms. The molecule has 0 spiro atoms. The van der Waals surface area contributed by atoms with Crippen molar-refractivity contribution in [3.63, 3.8) is 0 Å². The Morgan fingerprint density at radius 2 is 1.61 bits per heavy atom. The van der Waals surface area contributed by atoms with Crippen molar-refractivity contribution in [2.45, 2.75) is 20.0 Å². The van der Waals surface area contributed by atoms with Crippen LogP contribution in [0.1, 0.15) is 33.2 Å². The van der Waals surface area contributed by atoms with E-state index in [0.717, 1.165) is 15.6 Å². The van der Waals surface area contributed by atoms with Crippen molar-refractivity contribution in [2.75, 3.05) is 0 Å². The quantitative estimate of drug-likeness (QED) is 0.248. The molecule has 4 nitrogen and oxygen atoms in total. The Kier molecular flexibility index (Phi) is 5.96. The van der Waals surface area contributed by atoms with Gasteiger partial charge in [0.1, 0.15) is 0 Å². The van der Waals surface area contributed by atoms with Crippen LogP contribution < -0.4 is 0 Å². The molecule has 0 aliphatic carbocycles. The Bertz CT molecular complexity index is 1260. The highest BCUT2D eigenvalue weighted by Crippen LogP contribution is 2.27. The molecule has 0 fully saturated rings. The number of nitrogens with zero attached hydrogens (tertiary/aromatic N) is 1. The van der Waals surface area contributed by atoms with E-state index >= 15 is 0 Å². The van der Waals surface area contributed by atoms with Gasteiger partial charge in [0.25, 0.3) is 0 Å². The van der Waals surface area contributed by atoms with Gasteiger partial charge in [0.2, 0.25) is 5.78 Å². The predicted molar refractivity (Wildman–Crippen MR) is 125 cm³/mol. The summed E-state index contributed by atoms with van der Waals surface area (Å²) >= 11 is 3.43. The minimum absolute atomic E-state index is 0.236. The third kappa shape index (κ3) is 4.57. The minimum atomic E-state index is -0.904. The second-order valence-electron chi connectivity index (χ2n) is 7.36. The topological polar surface area (TPSA) is 56.3 Å². The van der Waals surface area contributed by atoms with Gasteiger partial charge in [-0.1, -0.05) is 76.1 Å². The van der Waals surface area contributed by atoms with Gasteiger partial charge in [-0.2, -0.15) is 0 Å². The number of aromatic nitrogens is 1. The standard InChI is InChI=1S/C26H20BrNO3/c1-16-7-9-19(10-8-16)25(29)17(2)31-26(30)22-15-24(18-11-13-20(27)14-12-18)28-23-6-4-3-5-21(22)23/h3-15,17H,1-2H3. The lowest BCUT2D eigenvalue weighted by Crippen LogP contribution is -2.24. The number of hydrogen-bond donors (Lipinski definition) is 0. The van der Waals surface area contributed by atoms with E-state index in [4.69, 9.17) is 9.72 Å². The molecule has 1 unspecified atom stereocenters. The molecule has 0 radical (unpaired) electrons. The van der Waals surface area contributed by atoms with Gasteiger partial charge in [0.05, 0.1) is 16.8 Å². The van der Waals surface area contributed by atoms with Crippen molar-refractivity contribution in [2.24, 2.45) is 0 Å². The zero-order valence-electron chi connectivity index (χ0n) is 17.1. The number of aryl methyl sites for hydroxylation is 1. The average molecular weight is 474 g/mol. The predicted octanol–water partition coefficient (Wildman–Crippen LogP) is 6.40. The molecule has 31 heavy (non-hydrogen) atoms. The number of rotatable bonds is 5. The largest absolute Gasteiger partial charge is 0.451 e. The summed E-state index contributed by atoms with van der Waals surface area (Å²) in [6.07, 6.45) is -0.904. The summed E-state index contributed by atoms with van der Waals surface area (Å²) < 4.78 is 6.54. The smallest absolute Gasteiger partial charge is 0.339 e. The van der Waals surface area contributed by atoms with Crippen LogP contribution in [0.3, 0.4) is 0 Å². The maximum Gasteiger partial charge on any atom is 0.339 e. The Hall–Kier alpha value is -3.31. The monoisotopic (exact) mass is 473 g/mol. The second kappa shape index (κ2) is 8.82. The van der Waals surface area contributed by atoms with Crippen LogP contribution in [0.2, 0.25) is 0 Å². The van der Waals surface area contributed by atoms with Crippen molar-refractivity contribution < 1.29 is 14.3 Å². The molecular formula is C26H20BrNO3. The van der Waals surface area contributed by atoms with Gasteiger partial charge in [0.15, 0.2) is 6.10 Å². The van der Waals surface area contributed by atoms with Crippen molar-refractivity contribution in [1.29, 1.82) is 0 Å². The van der Waals surface area contributed by atoms with Crippen molar-refractivity contribution in [1.82, 2.24) is 4.98 Å². The first-order chi connectivity index (χ1) is 14.9. The van der Waals surface area contributed by atoms with Gasteiger partial charge in [-0.05, 0) is 38.1 Å². The lowest BCUT2D eigenvalue weighted by atomic mass is 10.0. The molecule has 0 aliphatic rings. The molecule has 0 saturated heterocycles.